The van der Waals surface area contributed by atoms with Gasteiger partial charge in [0.15, 0.2) is 0 Å². The van der Waals surface area contributed by atoms with Crippen molar-refractivity contribution in [1.82, 2.24) is 5.32 Å². The van der Waals surface area contributed by atoms with Crippen LogP contribution in [0.4, 0.5) is 0 Å². The maximum absolute atomic E-state index is 12.4. The summed E-state index contributed by atoms with van der Waals surface area (Å²) in [5, 5.41) is 23.1. The number of rotatable bonds is 45. The molecule has 322 valence electrons. The molecular weight excluding hydrogens is 671 g/mol. The van der Waals surface area contributed by atoms with Gasteiger partial charge in [0.2, 0.25) is 5.91 Å². The molecule has 0 saturated carbocycles. The Morgan fingerprint density at radius 2 is 0.759 bits per heavy atom. The molecule has 0 aliphatic carbocycles. The summed E-state index contributed by atoms with van der Waals surface area (Å²) in [5.41, 5.74) is 0. The van der Waals surface area contributed by atoms with E-state index in [1.165, 1.54) is 186 Å². The van der Waals surface area contributed by atoms with Crippen LogP contribution in [0.25, 0.3) is 0 Å². The van der Waals surface area contributed by atoms with Crippen molar-refractivity contribution in [2.24, 2.45) is 0 Å². The second-order valence-corrected chi connectivity index (χ2v) is 16.8. The average molecular weight is 766 g/mol. The molecule has 0 rings (SSSR count). The van der Waals surface area contributed by atoms with Gasteiger partial charge in [-0.25, -0.2) is 0 Å². The fraction of sp³-hybridized carbons (Fsp3) is 0.958. The van der Waals surface area contributed by atoms with Gasteiger partial charge in [0.25, 0.3) is 0 Å². The largest absolute Gasteiger partial charge is 0.466 e. The first kappa shape index (κ1) is 52.9. The fourth-order valence-electron chi connectivity index (χ4n) is 7.64. The van der Waals surface area contributed by atoms with Gasteiger partial charge in [0, 0.05) is 12.8 Å². The molecule has 0 aromatic carbocycles. The van der Waals surface area contributed by atoms with Crippen LogP contribution in [-0.4, -0.2) is 47.4 Å². The van der Waals surface area contributed by atoms with Gasteiger partial charge in [-0.15, -0.1) is 0 Å². The van der Waals surface area contributed by atoms with Crippen molar-refractivity contribution >= 4 is 11.9 Å². The molecule has 2 unspecified atom stereocenters. The van der Waals surface area contributed by atoms with E-state index in [9.17, 15) is 19.8 Å². The lowest BCUT2D eigenvalue weighted by atomic mass is 10.0. The number of carbonyl (C=O) groups is 2. The minimum Gasteiger partial charge on any atom is -0.466 e. The monoisotopic (exact) mass is 766 g/mol. The first-order valence-electron chi connectivity index (χ1n) is 24.3. The van der Waals surface area contributed by atoms with E-state index in [-0.39, 0.29) is 18.5 Å². The molecule has 0 aromatic heterocycles. The summed E-state index contributed by atoms with van der Waals surface area (Å²) in [6, 6.07) is -0.547. The molecular formula is C48H95NO5. The molecule has 0 radical (unpaired) electrons. The minimum atomic E-state index is -0.669. The highest BCUT2D eigenvalue weighted by Gasteiger charge is 2.20. The number of nitrogens with one attached hydrogen (secondary N) is 1. The van der Waals surface area contributed by atoms with Gasteiger partial charge in [-0.3, -0.25) is 9.59 Å². The quantitative estimate of drug-likeness (QED) is 0.0424. The highest BCUT2D eigenvalue weighted by Crippen LogP contribution is 2.16. The third-order valence-electron chi connectivity index (χ3n) is 11.4. The maximum Gasteiger partial charge on any atom is 0.305 e. The Morgan fingerprint density at radius 3 is 1.13 bits per heavy atom. The number of hydrogen-bond acceptors (Lipinski definition) is 5. The van der Waals surface area contributed by atoms with E-state index >= 15 is 0 Å². The zero-order valence-electron chi connectivity index (χ0n) is 36.5. The molecule has 0 saturated heterocycles. The molecule has 2 atom stereocenters. The second kappa shape index (κ2) is 44.6. The summed E-state index contributed by atoms with van der Waals surface area (Å²) in [6.45, 7) is 4.92. The predicted octanol–water partition coefficient (Wildman–Crippen LogP) is 14.0. The van der Waals surface area contributed by atoms with Gasteiger partial charge < -0.3 is 20.3 Å². The lowest BCUT2D eigenvalue weighted by Crippen LogP contribution is -2.45. The molecule has 0 bridgehead atoms. The fourth-order valence-corrected chi connectivity index (χ4v) is 7.64. The van der Waals surface area contributed by atoms with Gasteiger partial charge in [-0.2, -0.15) is 0 Å². The number of carbonyl (C=O) groups excluding carboxylic acids is 2. The number of hydrogen-bond donors (Lipinski definition) is 3. The summed E-state index contributed by atoms with van der Waals surface area (Å²) in [4.78, 5) is 24.4. The highest BCUT2D eigenvalue weighted by molar-refractivity contribution is 5.76. The Kier molecular flexibility index (Phi) is 43.6. The zero-order valence-corrected chi connectivity index (χ0v) is 36.5. The van der Waals surface area contributed by atoms with Crippen molar-refractivity contribution in [3.05, 3.63) is 0 Å². The van der Waals surface area contributed by atoms with Gasteiger partial charge in [0.1, 0.15) is 0 Å². The molecule has 54 heavy (non-hydrogen) atoms. The Hall–Kier alpha value is -1.14. The van der Waals surface area contributed by atoms with E-state index in [0.717, 1.165) is 51.4 Å². The van der Waals surface area contributed by atoms with Gasteiger partial charge in [-0.1, -0.05) is 232 Å². The van der Waals surface area contributed by atoms with Crippen LogP contribution in [0.3, 0.4) is 0 Å². The van der Waals surface area contributed by atoms with Crippen molar-refractivity contribution in [3.8, 4) is 0 Å². The van der Waals surface area contributed by atoms with Crippen LogP contribution >= 0.6 is 0 Å². The van der Waals surface area contributed by atoms with Crippen molar-refractivity contribution in [2.75, 3.05) is 13.2 Å². The molecule has 0 aliphatic rings. The third kappa shape index (κ3) is 40.5. The number of unbranched alkanes of at least 4 members (excludes halogenated alkanes) is 34. The van der Waals surface area contributed by atoms with E-state index in [2.05, 4.69) is 19.2 Å². The second-order valence-electron chi connectivity index (χ2n) is 16.8. The van der Waals surface area contributed by atoms with Crippen molar-refractivity contribution in [1.29, 1.82) is 0 Å². The van der Waals surface area contributed by atoms with Crippen LogP contribution in [0, 0.1) is 0 Å². The number of ether oxygens (including phenoxy) is 1. The highest BCUT2D eigenvalue weighted by atomic mass is 16.5. The smallest absolute Gasteiger partial charge is 0.305 e. The predicted molar refractivity (Wildman–Crippen MR) is 232 cm³/mol. The molecule has 3 N–H and O–H groups in total. The van der Waals surface area contributed by atoms with Crippen molar-refractivity contribution < 1.29 is 24.5 Å². The summed E-state index contributed by atoms with van der Waals surface area (Å²) in [5.74, 6) is -0.0517. The van der Waals surface area contributed by atoms with Crippen LogP contribution in [0.5, 0.6) is 0 Å². The SMILES string of the molecule is CCCCCCCCCCCCCCCCC(=O)OCCCCCCCCCCCCCCCC(=O)NC(CO)C(O)CCCCCCCCCCCC. The molecule has 0 aliphatic heterocycles. The van der Waals surface area contributed by atoms with Crippen LogP contribution in [0.1, 0.15) is 271 Å². The van der Waals surface area contributed by atoms with Crippen molar-refractivity contribution in [2.45, 2.75) is 283 Å². The van der Waals surface area contributed by atoms with Gasteiger partial charge in [-0.05, 0) is 25.7 Å². The molecule has 1 amide bonds. The Morgan fingerprint density at radius 1 is 0.444 bits per heavy atom. The zero-order chi connectivity index (χ0) is 39.4. The lowest BCUT2D eigenvalue weighted by molar-refractivity contribution is -0.143. The van der Waals surface area contributed by atoms with Crippen LogP contribution in [-0.2, 0) is 14.3 Å². The number of esters is 1. The maximum atomic E-state index is 12.4. The van der Waals surface area contributed by atoms with E-state index in [1.54, 1.807) is 0 Å². The Bertz CT molecular complexity index is 761. The molecule has 0 heterocycles. The molecule has 6 heteroatoms. The minimum absolute atomic E-state index is 0.00317. The normalized spacial score (nSPS) is 12.6. The summed E-state index contributed by atoms with van der Waals surface area (Å²) < 4.78 is 5.46. The van der Waals surface area contributed by atoms with E-state index in [4.69, 9.17) is 4.74 Å². The van der Waals surface area contributed by atoms with E-state index in [1.807, 2.05) is 0 Å². The van der Waals surface area contributed by atoms with Gasteiger partial charge >= 0.3 is 5.97 Å². The molecule has 6 nitrogen and oxygen atoms in total. The first-order chi connectivity index (χ1) is 26.5. The Balaban J connectivity index is 3.41. The van der Waals surface area contributed by atoms with Crippen molar-refractivity contribution in [3.63, 3.8) is 0 Å². The number of aliphatic hydroxyl groups excluding tert-OH is 2. The Labute approximate surface area is 336 Å². The molecule has 0 spiro atoms. The average Bonchev–Trinajstić information content (AvgIpc) is 3.17. The van der Waals surface area contributed by atoms with Gasteiger partial charge in [0.05, 0.1) is 25.4 Å². The summed E-state index contributed by atoms with van der Waals surface area (Å²) in [6.07, 6.45) is 47.8. The number of amides is 1. The molecule has 0 aromatic rings. The molecule has 0 fully saturated rings. The third-order valence-corrected chi connectivity index (χ3v) is 11.4. The summed E-state index contributed by atoms with van der Waals surface area (Å²) in [7, 11) is 0. The number of aliphatic hydroxyl groups is 2. The first-order valence-corrected chi connectivity index (χ1v) is 24.3. The van der Waals surface area contributed by atoms with Crippen LogP contribution < -0.4 is 5.32 Å². The topological polar surface area (TPSA) is 95.9 Å². The van der Waals surface area contributed by atoms with Crippen LogP contribution in [0.15, 0.2) is 0 Å². The lowest BCUT2D eigenvalue weighted by Gasteiger charge is -2.22. The van der Waals surface area contributed by atoms with E-state index < -0.39 is 12.1 Å². The summed E-state index contributed by atoms with van der Waals surface area (Å²) >= 11 is 0. The van der Waals surface area contributed by atoms with E-state index in [0.29, 0.717) is 25.9 Å². The van der Waals surface area contributed by atoms with Crippen LogP contribution in [0.2, 0.25) is 0 Å². The standard InChI is InChI=1S/C48H95NO5/c1-3-5-7-9-11-13-15-16-19-22-26-30-34-38-42-48(53)54-43-39-35-31-27-23-20-17-18-21-25-29-33-37-41-47(52)49-45(44-50)46(51)40-36-32-28-24-14-12-10-8-6-4-2/h45-46,50-51H,3-44H2,1-2H3,(H,49,52).